The van der Waals surface area contributed by atoms with E-state index in [1.54, 1.807) is 7.11 Å². The van der Waals surface area contributed by atoms with Crippen molar-refractivity contribution >= 4 is 11.4 Å². The van der Waals surface area contributed by atoms with Crippen LogP contribution in [0, 0.1) is 0 Å². The third-order valence-electron chi connectivity index (χ3n) is 1.78. The summed E-state index contributed by atoms with van der Waals surface area (Å²) in [5.74, 6) is 0. The van der Waals surface area contributed by atoms with Crippen LogP contribution in [0.2, 0.25) is 0 Å². The van der Waals surface area contributed by atoms with Crippen molar-refractivity contribution in [1.29, 1.82) is 0 Å². The zero-order valence-electron chi connectivity index (χ0n) is 6.87. The van der Waals surface area contributed by atoms with E-state index in [1.165, 1.54) is 0 Å². The molecule has 1 heterocycles. The summed E-state index contributed by atoms with van der Waals surface area (Å²) in [4.78, 5) is 0. The number of nitrogens with one attached hydrogen (secondary N) is 2. The van der Waals surface area contributed by atoms with Gasteiger partial charge in [0, 0.05) is 7.11 Å². The van der Waals surface area contributed by atoms with Crippen LogP contribution in [-0.4, -0.2) is 13.8 Å². The fourth-order valence-corrected chi connectivity index (χ4v) is 1.23. The number of rotatable bonds is 2. The first-order valence-corrected chi connectivity index (χ1v) is 3.79. The largest absolute Gasteiger partial charge is 0.363 e. The van der Waals surface area contributed by atoms with E-state index in [1.807, 2.05) is 29.3 Å². The minimum atomic E-state index is 0.532. The van der Waals surface area contributed by atoms with Crippen molar-refractivity contribution in [2.45, 2.75) is 0 Å². The Morgan fingerprint density at radius 1 is 1.42 bits per heavy atom. The van der Waals surface area contributed by atoms with Crippen molar-refractivity contribution in [3.8, 4) is 0 Å². The van der Waals surface area contributed by atoms with Crippen molar-refractivity contribution in [1.82, 2.24) is 5.53 Å². The second-order valence-corrected chi connectivity index (χ2v) is 2.60. The van der Waals surface area contributed by atoms with Gasteiger partial charge in [-0.05, 0) is 12.1 Å². The SMILES string of the molecule is COCN1NNc2ccccc21. The molecule has 4 heteroatoms. The number of nitrogens with zero attached hydrogens (tertiary/aromatic N) is 1. The maximum absolute atomic E-state index is 5.01. The molecule has 2 rings (SSSR count). The highest BCUT2D eigenvalue weighted by atomic mass is 16.5. The van der Waals surface area contributed by atoms with E-state index in [2.05, 4.69) is 11.0 Å². The molecule has 4 nitrogen and oxygen atoms in total. The lowest BCUT2D eigenvalue weighted by Crippen LogP contribution is -2.37. The summed E-state index contributed by atoms with van der Waals surface area (Å²) in [6.07, 6.45) is 0. The van der Waals surface area contributed by atoms with Crippen molar-refractivity contribution in [3.63, 3.8) is 0 Å². The Kier molecular flexibility index (Phi) is 1.85. The van der Waals surface area contributed by atoms with Crippen LogP contribution in [0.5, 0.6) is 0 Å². The Labute approximate surface area is 71.1 Å². The molecule has 0 radical (unpaired) electrons. The molecular formula is C8H11N3O. The van der Waals surface area contributed by atoms with Crippen molar-refractivity contribution in [3.05, 3.63) is 24.3 Å². The minimum absolute atomic E-state index is 0.532. The van der Waals surface area contributed by atoms with E-state index in [9.17, 15) is 0 Å². The third kappa shape index (κ3) is 1.11. The zero-order valence-corrected chi connectivity index (χ0v) is 6.87. The highest BCUT2D eigenvalue weighted by Gasteiger charge is 2.15. The van der Waals surface area contributed by atoms with Crippen LogP contribution >= 0.6 is 0 Å². The Bertz CT molecular complexity index is 275. The van der Waals surface area contributed by atoms with Gasteiger partial charge in [0.1, 0.15) is 6.73 Å². The fraction of sp³-hybridized carbons (Fsp3) is 0.250. The van der Waals surface area contributed by atoms with Crippen LogP contribution in [0.1, 0.15) is 0 Å². The predicted molar refractivity (Wildman–Crippen MR) is 47.6 cm³/mol. The van der Waals surface area contributed by atoms with Gasteiger partial charge in [-0.2, -0.15) is 0 Å². The van der Waals surface area contributed by atoms with E-state index in [0.29, 0.717) is 6.73 Å². The number of fused-ring (bicyclic) bond motifs is 1. The van der Waals surface area contributed by atoms with Crippen molar-refractivity contribution in [2.24, 2.45) is 0 Å². The number of methoxy groups -OCH3 is 1. The first-order valence-electron chi connectivity index (χ1n) is 3.79. The smallest absolute Gasteiger partial charge is 0.134 e. The van der Waals surface area contributed by atoms with Crippen molar-refractivity contribution < 1.29 is 4.74 Å². The summed E-state index contributed by atoms with van der Waals surface area (Å²) < 4.78 is 5.01. The molecule has 12 heavy (non-hydrogen) atoms. The molecule has 1 aromatic rings. The summed E-state index contributed by atoms with van der Waals surface area (Å²) in [6.45, 7) is 0.532. The van der Waals surface area contributed by atoms with Crippen molar-refractivity contribution in [2.75, 3.05) is 24.3 Å². The fourth-order valence-electron chi connectivity index (χ4n) is 1.23. The molecule has 0 unspecified atom stereocenters. The molecule has 0 saturated heterocycles. The maximum atomic E-state index is 5.01. The lowest BCUT2D eigenvalue weighted by Gasteiger charge is -2.15. The Balaban J connectivity index is 2.24. The monoisotopic (exact) mass is 165 g/mol. The Morgan fingerprint density at radius 2 is 2.25 bits per heavy atom. The first-order chi connectivity index (χ1) is 5.92. The molecule has 1 aromatic carbocycles. The Morgan fingerprint density at radius 3 is 3.08 bits per heavy atom. The number of hydrogen-bond donors (Lipinski definition) is 2. The second kappa shape index (κ2) is 3.00. The van der Waals surface area contributed by atoms with Gasteiger partial charge in [-0.1, -0.05) is 12.1 Å². The number of ether oxygens (including phenoxy) is 1. The molecule has 0 atom stereocenters. The van der Waals surface area contributed by atoms with Crippen LogP contribution in [0.4, 0.5) is 11.4 Å². The lowest BCUT2D eigenvalue weighted by atomic mass is 10.3. The van der Waals surface area contributed by atoms with E-state index < -0.39 is 0 Å². The number of para-hydroxylation sites is 2. The van der Waals surface area contributed by atoms with Crippen LogP contribution in [-0.2, 0) is 4.74 Å². The van der Waals surface area contributed by atoms with Gasteiger partial charge in [0.2, 0.25) is 0 Å². The highest BCUT2D eigenvalue weighted by Crippen LogP contribution is 2.27. The molecule has 0 spiro atoms. The molecule has 0 saturated carbocycles. The number of hydrogen-bond acceptors (Lipinski definition) is 4. The maximum Gasteiger partial charge on any atom is 0.134 e. The van der Waals surface area contributed by atoms with Gasteiger partial charge in [0.05, 0.1) is 11.4 Å². The molecule has 0 bridgehead atoms. The zero-order chi connectivity index (χ0) is 8.39. The molecule has 0 fully saturated rings. The summed E-state index contributed by atoms with van der Waals surface area (Å²) in [7, 11) is 1.67. The van der Waals surface area contributed by atoms with Crippen LogP contribution < -0.4 is 16.0 Å². The summed E-state index contributed by atoms with van der Waals surface area (Å²) in [6, 6.07) is 8.03. The van der Waals surface area contributed by atoms with Crippen LogP contribution in [0.3, 0.4) is 0 Å². The summed E-state index contributed by atoms with van der Waals surface area (Å²) >= 11 is 0. The number of anilines is 2. The van der Waals surface area contributed by atoms with Gasteiger partial charge < -0.3 is 10.2 Å². The highest BCUT2D eigenvalue weighted by molar-refractivity contribution is 5.72. The summed E-state index contributed by atoms with van der Waals surface area (Å²) in [5.41, 5.74) is 8.20. The van der Waals surface area contributed by atoms with Gasteiger partial charge in [0.15, 0.2) is 0 Å². The normalized spacial score (nSPS) is 14.2. The quantitative estimate of drug-likeness (QED) is 0.684. The molecule has 1 aliphatic heterocycles. The first kappa shape index (κ1) is 7.39. The average molecular weight is 165 g/mol. The van der Waals surface area contributed by atoms with Gasteiger partial charge >= 0.3 is 0 Å². The molecular weight excluding hydrogens is 154 g/mol. The molecule has 1 aliphatic rings. The molecule has 2 N–H and O–H groups in total. The van der Waals surface area contributed by atoms with E-state index >= 15 is 0 Å². The minimum Gasteiger partial charge on any atom is -0.363 e. The molecule has 0 amide bonds. The third-order valence-corrected chi connectivity index (χ3v) is 1.78. The molecule has 0 aliphatic carbocycles. The summed E-state index contributed by atoms with van der Waals surface area (Å²) in [5, 5.41) is 1.90. The average Bonchev–Trinajstić information content (AvgIpc) is 2.50. The predicted octanol–water partition coefficient (Wildman–Crippen LogP) is 0.942. The van der Waals surface area contributed by atoms with E-state index in [4.69, 9.17) is 4.74 Å². The van der Waals surface area contributed by atoms with Crippen LogP contribution in [0.25, 0.3) is 0 Å². The van der Waals surface area contributed by atoms with Crippen LogP contribution in [0.15, 0.2) is 24.3 Å². The van der Waals surface area contributed by atoms with E-state index in [-0.39, 0.29) is 0 Å². The molecule has 0 aromatic heterocycles. The van der Waals surface area contributed by atoms with E-state index in [0.717, 1.165) is 11.4 Å². The van der Waals surface area contributed by atoms with Gasteiger partial charge in [-0.15, -0.1) is 5.53 Å². The molecule has 64 valence electrons. The van der Waals surface area contributed by atoms with Gasteiger partial charge in [0.25, 0.3) is 0 Å². The van der Waals surface area contributed by atoms with Gasteiger partial charge in [-0.25, -0.2) is 0 Å². The standard InChI is InChI=1S/C8H11N3O/c1-12-6-11-8-5-3-2-4-7(8)9-10-11/h2-5,9-10H,6H2,1H3. The number of benzene rings is 1. The Hall–Kier alpha value is -1.26. The second-order valence-electron chi connectivity index (χ2n) is 2.60. The number of hydrazine groups is 2. The topological polar surface area (TPSA) is 36.5 Å². The lowest BCUT2D eigenvalue weighted by molar-refractivity contribution is 0.192. The van der Waals surface area contributed by atoms with Gasteiger partial charge in [-0.3, -0.25) is 5.01 Å².